The highest BCUT2D eigenvalue weighted by Crippen LogP contribution is 2.38. The molecule has 0 radical (unpaired) electrons. The van der Waals surface area contributed by atoms with E-state index in [0.29, 0.717) is 50.0 Å². The van der Waals surface area contributed by atoms with Crippen LogP contribution in [0.2, 0.25) is 0 Å². The number of nitrogens with one attached hydrogen (secondary N) is 2. The molecule has 4 aromatic rings. The lowest BCUT2D eigenvalue weighted by molar-refractivity contribution is -0.252. The minimum absolute atomic E-state index is 0.00141. The van der Waals surface area contributed by atoms with Gasteiger partial charge in [-0.25, -0.2) is 0 Å². The van der Waals surface area contributed by atoms with E-state index in [-0.39, 0.29) is 30.6 Å². The number of nitrogens with zero attached hydrogens (tertiary/aromatic N) is 1. The van der Waals surface area contributed by atoms with E-state index < -0.39 is 6.29 Å². The molecule has 0 unspecified atom stereocenters. The minimum Gasteiger partial charge on any atom is -0.397 e. The maximum Gasteiger partial charge on any atom is 0.224 e. The Labute approximate surface area is 283 Å². The standard InChI is InChI=1S/C39H46N4O5/c1-43(25-29-9-3-2-4-10-29)26-33-23-36(31-19-17-30(27-44)18-20-31)48-39(47-33)32-21-15-28(16-22-32)24-41-37(45)13-7-8-14-38(46)42-35-12-6-5-11-34(35)40/h2-6,9-12,15-22,33,36,39,44H,7-8,13-14,23-27,40H2,1H3,(H,41,45)(H,42,46)/t33-,36+,39+/m1/s1. The van der Waals surface area contributed by atoms with E-state index in [1.165, 1.54) is 5.56 Å². The second-order valence-electron chi connectivity index (χ2n) is 12.4. The summed E-state index contributed by atoms with van der Waals surface area (Å²) in [7, 11) is 2.11. The topological polar surface area (TPSA) is 126 Å². The van der Waals surface area contributed by atoms with Crippen LogP contribution in [0.5, 0.6) is 0 Å². The molecule has 0 bridgehead atoms. The number of aliphatic hydroxyl groups excluding tert-OH is 1. The number of carbonyl (C=O) groups is 2. The van der Waals surface area contributed by atoms with E-state index in [9.17, 15) is 14.7 Å². The number of nitrogen functional groups attached to an aromatic ring is 1. The first-order valence-electron chi connectivity index (χ1n) is 16.6. The van der Waals surface area contributed by atoms with E-state index in [1.54, 1.807) is 12.1 Å². The van der Waals surface area contributed by atoms with Gasteiger partial charge < -0.3 is 30.9 Å². The van der Waals surface area contributed by atoms with Crippen molar-refractivity contribution in [1.82, 2.24) is 10.2 Å². The highest BCUT2D eigenvalue weighted by Gasteiger charge is 2.32. The van der Waals surface area contributed by atoms with E-state index in [0.717, 1.165) is 35.3 Å². The lowest BCUT2D eigenvalue weighted by Crippen LogP contribution is -2.37. The zero-order chi connectivity index (χ0) is 33.7. The van der Waals surface area contributed by atoms with Crippen LogP contribution in [-0.2, 0) is 38.8 Å². The van der Waals surface area contributed by atoms with Gasteiger partial charge >= 0.3 is 0 Å². The van der Waals surface area contributed by atoms with Gasteiger partial charge in [-0.15, -0.1) is 0 Å². The third kappa shape index (κ3) is 10.5. The van der Waals surface area contributed by atoms with Gasteiger partial charge in [0, 0.05) is 44.5 Å². The Hall–Kier alpha value is -4.54. The summed E-state index contributed by atoms with van der Waals surface area (Å²) in [4.78, 5) is 27.0. The molecule has 9 heteroatoms. The molecule has 0 aliphatic carbocycles. The van der Waals surface area contributed by atoms with Crippen molar-refractivity contribution in [2.24, 2.45) is 0 Å². The summed E-state index contributed by atoms with van der Waals surface area (Å²) in [6.45, 7) is 1.98. The van der Waals surface area contributed by atoms with Gasteiger partial charge in [0.25, 0.3) is 0 Å². The van der Waals surface area contributed by atoms with Crippen molar-refractivity contribution < 1.29 is 24.2 Å². The third-order valence-electron chi connectivity index (χ3n) is 8.46. The normalized spacial score (nSPS) is 17.6. The molecule has 9 nitrogen and oxygen atoms in total. The summed E-state index contributed by atoms with van der Waals surface area (Å²) in [6.07, 6.45) is 1.86. The number of nitrogens with two attached hydrogens (primary N) is 1. The molecule has 48 heavy (non-hydrogen) atoms. The van der Waals surface area contributed by atoms with Crippen molar-refractivity contribution in [2.75, 3.05) is 24.6 Å². The van der Waals surface area contributed by atoms with Crippen LogP contribution in [-0.4, -0.2) is 41.5 Å². The molecule has 1 aliphatic heterocycles. The Kier molecular flexibility index (Phi) is 12.7. The van der Waals surface area contributed by atoms with Crippen LogP contribution in [0.3, 0.4) is 0 Å². The van der Waals surface area contributed by atoms with Gasteiger partial charge in [0.15, 0.2) is 6.29 Å². The van der Waals surface area contributed by atoms with Crippen LogP contribution < -0.4 is 16.4 Å². The molecule has 5 rings (SSSR count). The molecule has 1 heterocycles. The summed E-state index contributed by atoms with van der Waals surface area (Å²) < 4.78 is 13.0. The number of unbranched alkanes of at least 4 members (excludes halogenated alkanes) is 1. The number of carbonyl (C=O) groups excluding carboxylic acids is 2. The van der Waals surface area contributed by atoms with Crippen molar-refractivity contribution in [3.8, 4) is 0 Å². The summed E-state index contributed by atoms with van der Waals surface area (Å²) in [6, 6.07) is 33.4. The van der Waals surface area contributed by atoms with Gasteiger partial charge in [-0.1, -0.05) is 91.0 Å². The van der Waals surface area contributed by atoms with Gasteiger partial charge in [0.1, 0.15) is 0 Å². The van der Waals surface area contributed by atoms with Crippen molar-refractivity contribution in [3.05, 3.63) is 131 Å². The summed E-state index contributed by atoms with van der Waals surface area (Å²) in [5, 5.41) is 15.3. The van der Waals surface area contributed by atoms with Crippen molar-refractivity contribution in [2.45, 2.75) is 70.3 Å². The van der Waals surface area contributed by atoms with Gasteiger partial charge in [-0.2, -0.15) is 0 Å². The smallest absolute Gasteiger partial charge is 0.224 e. The van der Waals surface area contributed by atoms with Gasteiger partial charge in [0.05, 0.1) is 30.2 Å². The molecule has 1 saturated heterocycles. The molecule has 0 aromatic heterocycles. The molecule has 5 N–H and O–H groups in total. The van der Waals surface area contributed by atoms with Gasteiger partial charge in [-0.05, 0) is 54.3 Å². The van der Waals surface area contributed by atoms with E-state index in [2.05, 4.69) is 46.8 Å². The lowest BCUT2D eigenvalue weighted by atomic mass is 9.99. The number of anilines is 2. The predicted molar refractivity (Wildman–Crippen MR) is 187 cm³/mol. The summed E-state index contributed by atoms with van der Waals surface area (Å²) in [5.74, 6) is -0.168. The number of rotatable bonds is 15. The molecular weight excluding hydrogens is 604 g/mol. The molecule has 2 amide bonds. The number of benzene rings is 4. The molecule has 252 valence electrons. The number of para-hydroxylation sites is 2. The summed E-state index contributed by atoms with van der Waals surface area (Å²) >= 11 is 0. The average molecular weight is 651 g/mol. The Morgan fingerprint density at radius 1 is 0.792 bits per heavy atom. The number of ether oxygens (including phenoxy) is 2. The number of hydrogen-bond donors (Lipinski definition) is 4. The SMILES string of the molecule is CN(Cc1ccccc1)C[C@H]1C[C@@H](c2ccc(CO)cc2)O[C@@H](c2ccc(CNC(=O)CCCCC(=O)Nc3ccccc3N)cc2)O1. The van der Waals surface area contributed by atoms with Crippen LogP contribution in [0.4, 0.5) is 11.4 Å². The largest absolute Gasteiger partial charge is 0.397 e. The van der Waals surface area contributed by atoms with Crippen molar-refractivity contribution >= 4 is 23.2 Å². The zero-order valence-corrected chi connectivity index (χ0v) is 27.5. The van der Waals surface area contributed by atoms with Crippen LogP contribution in [0.1, 0.15) is 72.3 Å². The zero-order valence-electron chi connectivity index (χ0n) is 27.5. The Morgan fingerprint density at radius 2 is 1.44 bits per heavy atom. The predicted octanol–water partition coefficient (Wildman–Crippen LogP) is 6.25. The fourth-order valence-electron chi connectivity index (χ4n) is 5.82. The molecular formula is C39H46N4O5. The first-order chi connectivity index (χ1) is 23.4. The van der Waals surface area contributed by atoms with E-state index >= 15 is 0 Å². The quantitative estimate of drug-likeness (QED) is 0.0885. The number of aliphatic hydroxyl groups is 1. The molecule has 1 fully saturated rings. The molecule has 0 spiro atoms. The third-order valence-corrected chi connectivity index (χ3v) is 8.46. The second kappa shape index (κ2) is 17.6. The monoisotopic (exact) mass is 650 g/mol. The lowest BCUT2D eigenvalue weighted by Gasteiger charge is -2.38. The van der Waals surface area contributed by atoms with Crippen LogP contribution in [0.15, 0.2) is 103 Å². The molecule has 4 aromatic carbocycles. The first-order valence-corrected chi connectivity index (χ1v) is 16.6. The van der Waals surface area contributed by atoms with Crippen LogP contribution in [0.25, 0.3) is 0 Å². The number of amides is 2. The first kappa shape index (κ1) is 34.8. The van der Waals surface area contributed by atoms with Crippen molar-refractivity contribution in [1.29, 1.82) is 0 Å². The van der Waals surface area contributed by atoms with E-state index in [4.69, 9.17) is 15.2 Å². The Balaban J connectivity index is 1.11. The maximum absolute atomic E-state index is 12.5. The fourth-order valence-corrected chi connectivity index (χ4v) is 5.82. The van der Waals surface area contributed by atoms with E-state index in [1.807, 2.05) is 66.7 Å². The Morgan fingerprint density at radius 3 is 2.15 bits per heavy atom. The minimum atomic E-state index is -0.546. The molecule has 0 saturated carbocycles. The van der Waals surface area contributed by atoms with Crippen LogP contribution >= 0.6 is 0 Å². The second-order valence-corrected chi connectivity index (χ2v) is 12.4. The van der Waals surface area contributed by atoms with Gasteiger partial charge in [-0.3, -0.25) is 14.5 Å². The molecule has 3 atom stereocenters. The Bertz CT molecular complexity index is 1600. The summed E-state index contributed by atoms with van der Waals surface area (Å²) in [5.41, 5.74) is 12.1. The highest BCUT2D eigenvalue weighted by atomic mass is 16.7. The van der Waals surface area contributed by atoms with Crippen molar-refractivity contribution in [3.63, 3.8) is 0 Å². The number of likely N-dealkylation sites (N-methyl/N-ethyl adjacent to an activating group) is 1. The molecule has 1 aliphatic rings. The maximum atomic E-state index is 12.5. The average Bonchev–Trinajstić information content (AvgIpc) is 3.10. The highest BCUT2D eigenvalue weighted by molar-refractivity contribution is 5.93. The fraction of sp³-hybridized carbons (Fsp3) is 0.333. The number of hydrogen-bond acceptors (Lipinski definition) is 7. The van der Waals surface area contributed by atoms with Gasteiger partial charge in [0.2, 0.25) is 11.8 Å². The van der Waals surface area contributed by atoms with Crippen LogP contribution in [0, 0.1) is 0 Å².